The van der Waals surface area contributed by atoms with E-state index >= 15 is 0 Å². The predicted octanol–water partition coefficient (Wildman–Crippen LogP) is 3.67. The van der Waals surface area contributed by atoms with Gasteiger partial charge in [0, 0.05) is 58.6 Å². The molecule has 2 N–H and O–H groups in total. The van der Waals surface area contributed by atoms with Crippen molar-refractivity contribution < 1.29 is 18.9 Å². The second kappa shape index (κ2) is 17.5. The lowest BCUT2D eigenvalue weighted by atomic mass is 10.1. The van der Waals surface area contributed by atoms with Crippen LogP contribution in [0.2, 0.25) is 0 Å². The van der Waals surface area contributed by atoms with E-state index in [1.54, 1.807) is 7.11 Å². The van der Waals surface area contributed by atoms with Crippen LogP contribution in [0.5, 0.6) is 5.75 Å². The molecular formula is C23H40IN3O4. The van der Waals surface area contributed by atoms with E-state index in [2.05, 4.69) is 42.7 Å². The largest absolute Gasteiger partial charge is 0.493 e. The summed E-state index contributed by atoms with van der Waals surface area (Å²) in [4.78, 5) is 4.74. The van der Waals surface area contributed by atoms with Crippen LogP contribution < -0.4 is 15.4 Å². The summed E-state index contributed by atoms with van der Waals surface area (Å²) >= 11 is 0. The van der Waals surface area contributed by atoms with Gasteiger partial charge >= 0.3 is 0 Å². The Bertz CT molecular complexity index is 625. The highest BCUT2D eigenvalue weighted by atomic mass is 127. The fraction of sp³-hybridized carbons (Fsp3) is 0.696. The summed E-state index contributed by atoms with van der Waals surface area (Å²) in [5.41, 5.74) is 2.26. The van der Waals surface area contributed by atoms with Gasteiger partial charge in [0.1, 0.15) is 5.75 Å². The summed E-state index contributed by atoms with van der Waals surface area (Å²) < 4.78 is 22.4. The van der Waals surface area contributed by atoms with E-state index in [0.717, 1.165) is 75.9 Å². The minimum Gasteiger partial charge on any atom is -0.493 e. The Morgan fingerprint density at radius 1 is 1.13 bits per heavy atom. The molecule has 0 aliphatic carbocycles. The zero-order valence-corrected chi connectivity index (χ0v) is 21.6. The van der Waals surface area contributed by atoms with Gasteiger partial charge in [0.15, 0.2) is 5.96 Å². The van der Waals surface area contributed by atoms with Crippen molar-refractivity contribution >= 4 is 29.9 Å². The highest BCUT2D eigenvalue weighted by Gasteiger charge is 2.13. The van der Waals surface area contributed by atoms with E-state index in [9.17, 15) is 0 Å². The Morgan fingerprint density at radius 2 is 1.94 bits per heavy atom. The number of guanidine groups is 1. The van der Waals surface area contributed by atoms with Crippen molar-refractivity contribution in [3.05, 3.63) is 29.3 Å². The summed E-state index contributed by atoms with van der Waals surface area (Å²) in [6, 6.07) is 6.27. The molecule has 0 bridgehead atoms. The molecule has 2 rings (SSSR count). The number of halogens is 1. The van der Waals surface area contributed by atoms with Gasteiger partial charge in [0.2, 0.25) is 0 Å². The molecule has 1 aliphatic heterocycles. The average molecular weight is 549 g/mol. The second-order valence-electron chi connectivity index (χ2n) is 7.46. The Morgan fingerprint density at radius 3 is 2.68 bits per heavy atom. The van der Waals surface area contributed by atoms with Crippen molar-refractivity contribution in [2.24, 2.45) is 4.99 Å². The van der Waals surface area contributed by atoms with E-state index in [-0.39, 0.29) is 24.0 Å². The van der Waals surface area contributed by atoms with Crippen molar-refractivity contribution in [2.75, 3.05) is 53.2 Å². The van der Waals surface area contributed by atoms with Crippen molar-refractivity contribution in [1.29, 1.82) is 0 Å². The molecule has 0 unspecified atom stereocenters. The van der Waals surface area contributed by atoms with Crippen molar-refractivity contribution in [2.45, 2.75) is 52.2 Å². The number of hydrogen-bond acceptors (Lipinski definition) is 5. The maximum absolute atomic E-state index is 5.97. The first-order valence-corrected chi connectivity index (χ1v) is 11.2. The van der Waals surface area contributed by atoms with E-state index in [1.807, 2.05) is 0 Å². The number of nitrogens with one attached hydrogen (secondary N) is 2. The maximum atomic E-state index is 5.97. The van der Waals surface area contributed by atoms with Crippen LogP contribution in [0.4, 0.5) is 0 Å². The molecule has 0 atom stereocenters. The fourth-order valence-corrected chi connectivity index (χ4v) is 3.19. The molecule has 0 radical (unpaired) electrons. The van der Waals surface area contributed by atoms with Crippen LogP contribution >= 0.6 is 24.0 Å². The second-order valence-corrected chi connectivity index (χ2v) is 7.46. The molecule has 0 aromatic heterocycles. The average Bonchev–Trinajstić information content (AvgIpc) is 2.76. The molecule has 0 amide bonds. The Balaban J connectivity index is 0.00000480. The number of hydrogen-bond donors (Lipinski definition) is 2. The number of ether oxygens (including phenoxy) is 4. The minimum absolute atomic E-state index is 0. The lowest BCUT2D eigenvalue weighted by molar-refractivity contribution is -0.0320. The quantitative estimate of drug-likeness (QED) is 0.169. The van der Waals surface area contributed by atoms with Crippen LogP contribution in [0, 0.1) is 6.92 Å². The van der Waals surface area contributed by atoms with Gasteiger partial charge in [-0.05, 0) is 44.7 Å². The third-order valence-corrected chi connectivity index (χ3v) is 4.86. The van der Waals surface area contributed by atoms with Gasteiger partial charge in [0.25, 0.3) is 0 Å². The van der Waals surface area contributed by atoms with Crippen LogP contribution in [-0.2, 0) is 20.8 Å². The summed E-state index contributed by atoms with van der Waals surface area (Å²) in [5, 5.41) is 6.70. The Labute approximate surface area is 204 Å². The molecule has 1 heterocycles. The third kappa shape index (κ3) is 11.9. The smallest absolute Gasteiger partial charge is 0.191 e. The standard InChI is InChI=1S/C23H39N3O4.HI/c1-4-24-23(25-11-5-13-29-21-9-15-28-16-10-21)26-18-20-8-7-19(2)17-22(20)30-14-6-12-27-3;/h7-8,17,21H,4-6,9-16,18H2,1-3H3,(H2,24,25,26);1H. The first kappa shape index (κ1) is 27.9. The van der Waals surface area contributed by atoms with Gasteiger partial charge in [0.05, 0.1) is 19.3 Å². The molecule has 178 valence electrons. The van der Waals surface area contributed by atoms with Crippen molar-refractivity contribution in [3.8, 4) is 5.75 Å². The summed E-state index contributed by atoms with van der Waals surface area (Å²) in [6.07, 6.45) is 4.17. The summed E-state index contributed by atoms with van der Waals surface area (Å²) in [6.45, 7) is 10.1. The molecule has 0 spiro atoms. The van der Waals surface area contributed by atoms with Crippen LogP contribution in [0.15, 0.2) is 23.2 Å². The van der Waals surface area contributed by atoms with E-state index in [0.29, 0.717) is 25.9 Å². The Hall–Kier alpha value is -1.10. The van der Waals surface area contributed by atoms with E-state index in [1.165, 1.54) is 5.56 Å². The number of nitrogens with zero attached hydrogens (tertiary/aromatic N) is 1. The highest BCUT2D eigenvalue weighted by molar-refractivity contribution is 14.0. The van der Waals surface area contributed by atoms with Gasteiger partial charge in [-0.15, -0.1) is 24.0 Å². The molecule has 1 fully saturated rings. The summed E-state index contributed by atoms with van der Waals surface area (Å²) in [7, 11) is 1.71. The molecule has 1 aliphatic rings. The molecule has 0 saturated carbocycles. The number of benzene rings is 1. The zero-order chi connectivity index (χ0) is 21.4. The molecule has 1 aromatic rings. The SMILES string of the molecule is CCNC(=NCc1ccc(C)cc1OCCCOC)NCCCOC1CCOCC1.I. The molecule has 7 nitrogen and oxygen atoms in total. The number of aliphatic imine (C=N–C) groups is 1. The van der Waals surface area contributed by atoms with Crippen molar-refractivity contribution in [1.82, 2.24) is 10.6 Å². The van der Waals surface area contributed by atoms with Gasteiger partial charge in [-0.1, -0.05) is 12.1 Å². The molecule has 1 saturated heterocycles. The van der Waals surface area contributed by atoms with Crippen molar-refractivity contribution in [3.63, 3.8) is 0 Å². The monoisotopic (exact) mass is 549 g/mol. The van der Waals surface area contributed by atoms with Gasteiger partial charge in [-0.2, -0.15) is 0 Å². The molecule has 31 heavy (non-hydrogen) atoms. The van der Waals surface area contributed by atoms with Crippen LogP contribution in [0.25, 0.3) is 0 Å². The Kier molecular flexibility index (Phi) is 15.7. The van der Waals surface area contributed by atoms with Crippen LogP contribution in [-0.4, -0.2) is 65.3 Å². The molecular weight excluding hydrogens is 509 g/mol. The first-order chi connectivity index (χ1) is 14.7. The lowest BCUT2D eigenvalue weighted by Crippen LogP contribution is -2.38. The fourth-order valence-electron chi connectivity index (χ4n) is 3.19. The normalized spacial score (nSPS) is 14.7. The van der Waals surface area contributed by atoms with Gasteiger partial charge in [-0.3, -0.25) is 0 Å². The zero-order valence-electron chi connectivity index (χ0n) is 19.3. The molecule has 8 heteroatoms. The van der Waals surface area contributed by atoms with Gasteiger partial charge in [-0.25, -0.2) is 4.99 Å². The van der Waals surface area contributed by atoms with E-state index < -0.39 is 0 Å². The molecule has 1 aromatic carbocycles. The first-order valence-electron chi connectivity index (χ1n) is 11.2. The lowest BCUT2D eigenvalue weighted by Gasteiger charge is -2.22. The number of methoxy groups -OCH3 is 1. The number of rotatable bonds is 13. The van der Waals surface area contributed by atoms with Crippen LogP contribution in [0.3, 0.4) is 0 Å². The summed E-state index contributed by atoms with van der Waals surface area (Å²) in [5.74, 6) is 1.71. The maximum Gasteiger partial charge on any atom is 0.191 e. The highest BCUT2D eigenvalue weighted by Crippen LogP contribution is 2.21. The minimum atomic E-state index is 0. The van der Waals surface area contributed by atoms with Gasteiger partial charge < -0.3 is 29.6 Å². The number of aryl methyl sites for hydroxylation is 1. The predicted molar refractivity (Wildman–Crippen MR) is 136 cm³/mol. The topological polar surface area (TPSA) is 73.3 Å². The van der Waals surface area contributed by atoms with Crippen LogP contribution in [0.1, 0.15) is 43.7 Å². The third-order valence-electron chi connectivity index (χ3n) is 4.86. The van der Waals surface area contributed by atoms with E-state index in [4.69, 9.17) is 23.9 Å².